The van der Waals surface area contributed by atoms with Crippen LogP contribution >= 0.6 is 0 Å². The summed E-state index contributed by atoms with van der Waals surface area (Å²) in [5.41, 5.74) is -0.232. The largest absolute Gasteiger partial charge is 0.415 e. The molecule has 1 aliphatic carbocycles. The van der Waals surface area contributed by atoms with E-state index in [4.69, 9.17) is 5.11 Å². The molecular formula is C10H18F3NO. The molecule has 0 bridgehead atoms. The molecule has 1 atom stereocenters. The average Bonchev–Trinajstić information content (AvgIpc) is 2.14. The maximum absolute atomic E-state index is 12.0. The summed E-state index contributed by atoms with van der Waals surface area (Å²) in [5.74, 6) is 0. The number of aliphatic hydroxyl groups excluding tert-OH is 1. The number of aliphatic hydroxyl groups is 1. The molecule has 0 aromatic carbocycles. The molecule has 1 rings (SSSR count). The summed E-state index contributed by atoms with van der Waals surface area (Å²) in [6.45, 7) is 1.52. The maximum Gasteiger partial charge on any atom is 0.415 e. The summed E-state index contributed by atoms with van der Waals surface area (Å²) in [6.07, 6.45) is -1.75. The zero-order chi connectivity index (χ0) is 11.5. The van der Waals surface area contributed by atoms with Crippen molar-refractivity contribution in [2.75, 3.05) is 6.54 Å². The summed E-state index contributed by atoms with van der Waals surface area (Å²) in [6, 6.07) is 0. The normalized spacial score (nSPS) is 23.8. The second-order valence-electron chi connectivity index (χ2n) is 4.56. The number of hydrogen-bond acceptors (Lipinski definition) is 2. The van der Waals surface area contributed by atoms with Crippen LogP contribution in [0.15, 0.2) is 0 Å². The van der Waals surface area contributed by atoms with Gasteiger partial charge in [0.05, 0.1) is 0 Å². The second kappa shape index (κ2) is 4.70. The van der Waals surface area contributed by atoms with Crippen LogP contribution in [0.3, 0.4) is 0 Å². The van der Waals surface area contributed by atoms with Crippen molar-refractivity contribution >= 4 is 0 Å². The van der Waals surface area contributed by atoms with E-state index in [9.17, 15) is 13.2 Å². The van der Waals surface area contributed by atoms with Crippen molar-refractivity contribution < 1.29 is 18.3 Å². The van der Waals surface area contributed by atoms with Gasteiger partial charge in [-0.3, -0.25) is 0 Å². The maximum atomic E-state index is 12.0. The van der Waals surface area contributed by atoms with Gasteiger partial charge in [-0.2, -0.15) is 13.2 Å². The van der Waals surface area contributed by atoms with Gasteiger partial charge < -0.3 is 10.4 Å². The van der Waals surface area contributed by atoms with Crippen molar-refractivity contribution in [3.05, 3.63) is 0 Å². The Kier molecular flexibility index (Phi) is 4.00. The highest BCUT2D eigenvalue weighted by Gasteiger charge is 2.39. The van der Waals surface area contributed by atoms with E-state index in [0.717, 1.165) is 32.1 Å². The van der Waals surface area contributed by atoms with Crippen molar-refractivity contribution in [1.82, 2.24) is 5.32 Å². The number of alkyl halides is 3. The first-order valence-corrected chi connectivity index (χ1v) is 5.33. The standard InChI is InChI=1S/C10H18F3NO/c1-9(5-3-2-4-6-9)14-7-8(15)10(11,12)13/h8,14-15H,2-7H2,1H3. The van der Waals surface area contributed by atoms with Crippen LogP contribution in [0.25, 0.3) is 0 Å². The van der Waals surface area contributed by atoms with Gasteiger partial charge in [0.2, 0.25) is 0 Å². The number of β-amino-alcohol motifs (C(OH)–C–C–N with tert-alkyl or cyclic N) is 1. The lowest BCUT2D eigenvalue weighted by atomic mass is 9.83. The quantitative estimate of drug-likeness (QED) is 0.772. The summed E-state index contributed by atoms with van der Waals surface area (Å²) in [7, 11) is 0. The number of nitrogens with one attached hydrogen (secondary N) is 1. The molecule has 0 radical (unpaired) electrons. The van der Waals surface area contributed by atoms with Crippen LogP contribution in [0.2, 0.25) is 0 Å². The summed E-state index contributed by atoms with van der Waals surface area (Å²) in [4.78, 5) is 0. The van der Waals surface area contributed by atoms with Gasteiger partial charge in [0.25, 0.3) is 0 Å². The first kappa shape index (κ1) is 12.8. The molecule has 0 spiro atoms. The Morgan fingerprint density at radius 1 is 1.27 bits per heavy atom. The molecule has 1 aliphatic rings. The Bertz CT molecular complexity index is 199. The molecule has 0 amide bonds. The molecular weight excluding hydrogens is 207 g/mol. The van der Waals surface area contributed by atoms with Gasteiger partial charge in [0, 0.05) is 12.1 Å². The number of hydrogen-bond donors (Lipinski definition) is 2. The van der Waals surface area contributed by atoms with E-state index in [0.29, 0.717) is 0 Å². The van der Waals surface area contributed by atoms with Crippen LogP contribution in [0.1, 0.15) is 39.0 Å². The van der Waals surface area contributed by atoms with Crippen molar-refractivity contribution in [3.63, 3.8) is 0 Å². The predicted octanol–water partition coefficient (Wildman–Crippen LogP) is 2.22. The van der Waals surface area contributed by atoms with Gasteiger partial charge in [-0.15, -0.1) is 0 Å². The molecule has 0 saturated heterocycles. The third kappa shape index (κ3) is 3.99. The first-order chi connectivity index (χ1) is 6.83. The average molecular weight is 225 g/mol. The zero-order valence-electron chi connectivity index (χ0n) is 8.90. The summed E-state index contributed by atoms with van der Waals surface area (Å²) in [5, 5.41) is 11.7. The second-order valence-corrected chi connectivity index (χ2v) is 4.56. The predicted molar refractivity (Wildman–Crippen MR) is 51.6 cm³/mol. The lowest BCUT2D eigenvalue weighted by molar-refractivity contribution is -0.202. The van der Waals surface area contributed by atoms with Crippen LogP contribution in [0.5, 0.6) is 0 Å². The highest BCUT2D eigenvalue weighted by molar-refractivity contribution is 4.87. The van der Waals surface area contributed by atoms with Gasteiger partial charge in [-0.1, -0.05) is 19.3 Å². The van der Waals surface area contributed by atoms with E-state index >= 15 is 0 Å². The molecule has 2 N–H and O–H groups in total. The molecule has 1 saturated carbocycles. The molecule has 0 aliphatic heterocycles. The van der Waals surface area contributed by atoms with Crippen LogP contribution < -0.4 is 5.32 Å². The molecule has 5 heteroatoms. The van der Waals surface area contributed by atoms with E-state index in [1.165, 1.54) is 0 Å². The van der Waals surface area contributed by atoms with E-state index in [1.807, 2.05) is 6.92 Å². The first-order valence-electron chi connectivity index (χ1n) is 5.33. The van der Waals surface area contributed by atoms with E-state index in [-0.39, 0.29) is 5.54 Å². The van der Waals surface area contributed by atoms with Crippen molar-refractivity contribution in [2.45, 2.75) is 56.8 Å². The van der Waals surface area contributed by atoms with Crippen LogP contribution in [0, 0.1) is 0 Å². The Balaban J connectivity index is 2.35. The van der Waals surface area contributed by atoms with E-state index in [2.05, 4.69) is 5.32 Å². The van der Waals surface area contributed by atoms with Crippen LogP contribution in [-0.2, 0) is 0 Å². The monoisotopic (exact) mass is 225 g/mol. The minimum absolute atomic E-state index is 0.232. The fraction of sp³-hybridized carbons (Fsp3) is 1.00. The Morgan fingerprint density at radius 2 is 1.80 bits per heavy atom. The Hall–Kier alpha value is -0.290. The Morgan fingerprint density at radius 3 is 2.27 bits per heavy atom. The third-order valence-corrected chi connectivity index (χ3v) is 3.06. The molecule has 1 fully saturated rings. The van der Waals surface area contributed by atoms with Gasteiger partial charge >= 0.3 is 6.18 Å². The van der Waals surface area contributed by atoms with Crippen molar-refractivity contribution in [2.24, 2.45) is 0 Å². The number of rotatable bonds is 3. The highest BCUT2D eigenvalue weighted by atomic mass is 19.4. The summed E-state index contributed by atoms with van der Waals surface area (Å²) < 4.78 is 36.1. The van der Waals surface area contributed by atoms with E-state index < -0.39 is 18.8 Å². The molecule has 1 unspecified atom stereocenters. The third-order valence-electron chi connectivity index (χ3n) is 3.06. The SMILES string of the molecule is CC1(NCC(O)C(F)(F)F)CCCCC1. The van der Waals surface area contributed by atoms with Crippen LogP contribution in [-0.4, -0.2) is 29.5 Å². The molecule has 90 valence electrons. The van der Waals surface area contributed by atoms with Crippen molar-refractivity contribution in [1.29, 1.82) is 0 Å². The topological polar surface area (TPSA) is 32.3 Å². The minimum atomic E-state index is -4.52. The fourth-order valence-corrected chi connectivity index (χ4v) is 1.97. The highest BCUT2D eigenvalue weighted by Crippen LogP contribution is 2.28. The van der Waals surface area contributed by atoms with Gasteiger partial charge in [0.15, 0.2) is 6.10 Å². The molecule has 0 aromatic heterocycles. The zero-order valence-corrected chi connectivity index (χ0v) is 8.90. The van der Waals surface area contributed by atoms with Gasteiger partial charge in [-0.25, -0.2) is 0 Å². The smallest absolute Gasteiger partial charge is 0.382 e. The Labute approximate surface area is 87.9 Å². The van der Waals surface area contributed by atoms with Crippen molar-refractivity contribution in [3.8, 4) is 0 Å². The fourth-order valence-electron chi connectivity index (χ4n) is 1.97. The van der Waals surface area contributed by atoms with Gasteiger partial charge in [0.1, 0.15) is 0 Å². The lowest BCUT2D eigenvalue weighted by Crippen LogP contribution is -2.49. The van der Waals surface area contributed by atoms with E-state index in [1.54, 1.807) is 0 Å². The summed E-state index contributed by atoms with van der Waals surface area (Å²) >= 11 is 0. The van der Waals surface area contributed by atoms with Crippen LogP contribution in [0.4, 0.5) is 13.2 Å². The van der Waals surface area contributed by atoms with Gasteiger partial charge in [-0.05, 0) is 19.8 Å². The lowest BCUT2D eigenvalue weighted by Gasteiger charge is -2.35. The molecule has 2 nitrogen and oxygen atoms in total. The molecule has 0 aromatic rings. The minimum Gasteiger partial charge on any atom is -0.382 e. The molecule has 15 heavy (non-hydrogen) atoms. The molecule has 0 heterocycles. The number of halogens is 3.